The zero-order chi connectivity index (χ0) is 16.8. The Hall–Kier alpha value is -3.17. The van der Waals surface area contributed by atoms with E-state index in [1.54, 1.807) is 6.20 Å². The van der Waals surface area contributed by atoms with E-state index in [0.717, 1.165) is 48.2 Å². The Morgan fingerprint density at radius 1 is 1.08 bits per heavy atom. The van der Waals surface area contributed by atoms with Gasteiger partial charge in [-0.05, 0) is 30.3 Å². The van der Waals surface area contributed by atoms with Crippen LogP contribution in [0.3, 0.4) is 0 Å². The Balaban J connectivity index is 1.85. The van der Waals surface area contributed by atoms with Crippen LogP contribution >= 0.6 is 0 Å². The first-order valence-electron chi connectivity index (χ1n) is 8.41. The molecule has 1 aliphatic rings. The van der Waals surface area contributed by atoms with Crippen LogP contribution in [0.5, 0.6) is 0 Å². The summed E-state index contributed by atoms with van der Waals surface area (Å²) in [5.74, 6) is 0. The SMILES string of the molecule is N#Cc1cc2ccc(N3CCNCC3)cc2n2c1nc1cccnc12. The second-order valence-electron chi connectivity index (χ2n) is 6.27. The van der Waals surface area contributed by atoms with Crippen LogP contribution in [0.1, 0.15) is 5.56 Å². The minimum Gasteiger partial charge on any atom is -0.369 e. The van der Waals surface area contributed by atoms with Crippen LogP contribution in [0.25, 0.3) is 27.7 Å². The molecule has 122 valence electrons. The molecule has 1 N–H and O–H groups in total. The number of rotatable bonds is 1. The molecule has 0 saturated carbocycles. The Morgan fingerprint density at radius 2 is 1.96 bits per heavy atom. The highest BCUT2D eigenvalue weighted by Crippen LogP contribution is 2.28. The van der Waals surface area contributed by atoms with E-state index in [-0.39, 0.29) is 0 Å². The van der Waals surface area contributed by atoms with Crippen LogP contribution in [0.15, 0.2) is 42.6 Å². The monoisotopic (exact) mass is 328 g/mol. The van der Waals surface area contributed by atoms with Gasteiger partial charge in [0.1, 0.15) is 11.6 Å². The van der Waals surface area contributed by atoms with Gasteiger partial charge in [0, 0.05) is 43.4 Å². The van der Waals surface area contributed by atoms with Gasteiger partial charge >= 0.3 is 0 Å². The number of nitriles is 1. The molecule has 4 heterocycles. The summed E-state index contributed by atoms with van der Waals surface area (Å²) < 4.78 is 2.01. The lowest BCUT2D eigenvalue weighted by Gasteiger charge is -2.29. The maximum absolute atomic E-state index is 9.54. The summed E-state index contributed by atoms with van der Waals surface area (Å²) in [6.07, 6.45) is 1.77. The minimum atomic E-state index is 0.570. The number of nitrogens with zero attached hydrogens (tertiary/aromatic N) is 5. The van der Waals surface area contributed by atoms with Crippen molar-refractivity contribution in [2.75, 3.05) is 31.1 Å². The number of anilines is 1. The fraction of sp³-hybridized carbons (Fsp3) is 0.211. The zero-order valence-electron chi connectivity index (χ0n) is 13.6. The van der Waals surface area contributed by atoms with E-state index in [2.05, 4.69) is 44.5 Å². The summed E-state index contributed by atoms with van der Waals surface area (Å²) in [7, 11) is 0. The second kappa shape index (κ2) is 5.43. The molecule has 4 aromatic rings. The molecule has 25 heavy (non-hydrogen) atoms. The molecule has 1 aromatic carbocycles. The molecular formula is C19H16N6. The molecule has 0 bridgehead atoms. The molecule has 0 unspecified atom stereocenters. The number of hydrogen-bond acceptors (Lipinski definition) is 5. The molecule has 6 nitrogen and oxygen atoms in total. The maximum Gasteiger partial charge on any atom is 0.164 e. The van der Waals surface area contributed by atoms with E-state index < -0.39 is 0 Å². The third-order valence-electron chi connectivity index (χ3n) is 4.81. The van der Waals surface area contributed by atoms with E-state index in [0.29, 0.717) is 11.2 Å². The van der Waals surface area contributed by atoms with Gasteiger partial charge in [-0.3, -0.25) is 4.40 Å². The van der Waals surface area contributed by atoms with Gasteiger partial charge in [-0.15, -0.1) is 0 Å². The Bertz CT molecular complexity index is 1150. The van der Waals surface area contributed by atoms with E-state index in [1.807, 2.05) is 22.6 Å². The van der Waals surface area contributed by atoms with Gasteiger partial charge < -0.3 is 10.2 Å². The molecular weight excluding hydrogens is 312 g/mol. The van der Waals surface area contributed by atoms with E-state index >= 15 is 0 Å². The van der Waals surface area contributed by atoms with Crippen molar-refractivity contribution in [3.63, 3.8) is 0 Å². The van der Waals surface area contributed by atoms with Gasteiger partial charge in [-0.2, -0.15) is 5.26 Å². The number of aromatic nitrogens is 3. The maximum atomic E-state index is 9.54. The van der Waals surface area contributed by atoms with Crippen molar-refractivity contribution in [1.29, 1.82) is 5.26 Å². The molecule has 1 aliphatic heterocycles. The summed E-state index contributed by atoms with van der Waals surface area (Å²) in [4.78, 5) is 11.5. The van der Waals surface area contributed by atoms with Crippen molar-refractivity contribution in [2.24, 2.45) is 0 Å². The zero-order valence-corrected chi connectivity index (χ0v) is 13.6. The van der Waals surface area contributed by atoms with E-state index in [4.69, 9.17) is 0 Å². The number of piperazine rings is 1. The van der Waals surface area contributed by atoms with Crippen LogP contribution in [-0.2, 0) is 0 Å². The second-order valence-corrected chi connectivity index (χ2v) is 6.27. The van der Waals surface area contributed by atoms with Gasteiger partial charge in [0.05, 0.1) is 11.1 Å². The van der Waals surface area contributed by atoms with Crippen LogP contribution in [0.4, 0.5) is 5.69 Å². The first-order chi connectivity index (χ1) is 12.3. The first-order valence-corrected chi connectivity index (χ1v) is 8.41. The van der Waals surface area contributed by atoms with Gasteiger partial charge in [0.15, 0.2) is 11.3 Å². The van der Waals surface area contributed by atoms with E-state index in [9.17, 15) is 5.26 Å². The standard InChI is InChI=1S/C19H16N6/c20-12-14-10-13-3-4-15(24-8-6-21-7-9-24)11-17(13)25-18(14)23-16-2-1-5-22-19(16)25/h1-5,10-11,21H,6-9H2. The number of hydrogen-bond donors (Lipinski definition) is 1. The van der Waals surface area contributed by atoms with Crippen LogP contribution in [0, 0.1) is 11.3 Å². The molecule has 6 heteroatoms. The van der Waals surface area contributed by atoms with Crippen molar-refractivity contribution < 1.29 is 0 Å². The van der Waals surface area contributed by atoms with Gasteiger partial charge in [-0.1, -0.05) is 6.07 Å². The van der Waals surface area contributed by atoms with Gasteiger partial charge in [-0.25, -0.2) is 9.97 Å². The molecule has 3 aromatic heterocycles. The van der Waals surface area contributed by atoms with Crippen LogP contribution in [-0.4, -0.2) is 40.5 Å². The van der Waals surface area contributed by atoms with Crippen molar-refractivity contribution in [3.05, 3.63) is 48.2 Å². The lowest BCUT2D eigenvalue weighted by Crippen LogP contribution is -2.43. The molecule has 0 aliphatic carbocycles. The lowest BCUT2D eigenvalue weighted by molar-refractivity contribution is 0.589. The highest BCUT2D eigenvalue weighted by atomic mass is 15.2. The molecule has 0 amide bonds. The molecule has 5 rings (SSSR count). The van der Waals surface area contributed by atoms with Crippen molar-refractivity contribution in [1.82, 2.24) is 19.7 Å². The Labute approximate surface area is 144 Å². The van der Waals surface area contributed by atoms with E-state index in [1.165, 1.54) is 5.69 Å². The largest absolute Gasteiger partial charge is 0.369 e. The summed E-state index contributed by atoms with van der Waals surface area (Å²) in [6.45, 7) is 3.98. The third-order valence-corrected chi connectivity index (χ3v) is 4.81. The summed E-state index contributed by atoms with van der Waals surface area (Å²) in [6, 6.07) is 14.4. The van der Waals surface area contributed by atoms with Gasteiger partial charge in [0.25, 0.3) is 0 Å². The Kier molecular flexibility index (Phi) is 3.08. The fourth-order valence-electron chi connectivity index (χ4n) is 3.59. The first kappa shape index (κ1) is 14.2. The van der Waals surface area contributed by atoms with Crippen molar-refractivity contribution >= 4 is 33.4 Å². The molecule has 0 atom stereocenters. The van der Waals surface area contributed by atoms with Crippen LogP contribution in [0.2, 0.25) is 0 Å². The summed E-state index contributed by atoms with van der Waals surface area (Å²) in [5, 5.41) is 13.9. The quantitative estimate of drug-likeness (QED) is 0.581. The fourth-order valence-corrected chi connectivity index (χ4v) is 3.59. The molecule has 1 saturated heterocycles. The average molecular weight is 328 g/mol. The summed E-state index contributed by atoms with van der Waals surface area (Å²) in [5.41, 5.74) is 5.06. The molecule has 1 fully saturated rings. The van der Waals surface area contributed by atoms with Crippen molar-refractivity contribution in [2.45, 2.75) is 0 Å². The number of imidazole rings is 1. The summed E-state index contributed by atoms with van der Waals surface area (Å²) >= 11 is 0. The molecule has 0 spiro atoms. The van der Waals surface area contributed by atoms with Gasteiger partial charge in [0.2, 0.25) is 0 Å². The average Bonchev–Trinajstić information content (AvgIpc) is 3.07. The predicted molar refractivity (Wildman–Crippen MR) is 97.8 cm³/mol. The Morgan fingerprint density at radius 3 is 2.80 bits per heavy atom. The normalized spacial score (nSPS) is 15.1. The highest BCUT2D eigenvalue weighted by molar-refractivity contribution is 5.93. The number of pyridine rings is 2. The van der Waals surface area contributed by atoms with Crippen molar-refractivity contribution in [3.8, 4) is 6.07 Å². The number of nitrogens with one attached hydrogen (secondary N) is 1. The minimum absolute atomic E-state index is 0.570. The lowest BCUT2D eigenvalue weighted by atomic mass is 10.1. The highest BCUT2D eigenvalue weighted by Gasteiger charge is 2.16. The number of benzene rings is 1. The molecule has 0 radical (unpaired) electrons. The smallest absolute Gasteiger partial charge is 0.164 e. The predicted octanol–water partition coefficient (Wildman–Crippen LogP) is 2.32. The van der Waals surface area contributed by atoms with Crippen LogP contribution < -0.4 is 10.2 Å². The third kappa shape index (κ3) is 2.13. The number of fused-ring (bicyclic) bond motifs is 5. The topological polar surface area (TPSA) is 69.2 Å².